The third-order valence-electron chi connectivity index (χ3n) is 8.18. The van der Waals surface area contributed by atoms with Crippen LogP contribution in [0.3, 0.4) is 0 Å². The van der Waals surface area contributed by atoms with Crippen LogP contribution in [0.2, 0.25) is 0 Å². The molecule has 0 bridgehead atoms. The fourth-order valence-electron chi connectivity index (χ4n) is 6.58. The molecule has 2 aliphatic carbocycles. The molecular weight excluding hydrogens is 380 g/mol. The van der Waals surface area contributed by atoms with Crippen molar-refractivity contribution < 1.29 is 5.11 Å². The van der Waals surface area contributed by atoms with Crippen molar-refractivity contribution in [3.05, 3.63) is 70.9 Å². The van der Waals surface area contributed by atoms with E-state index < -0.39 is 5.60 Å². The van der Waals surface area contributed by atoms with Gasteiger partial charge in [0.15, 0.2) is 0 Å². The number of rotatable bonds is 3. The Morgan fingerprint density at radius 2 is 1.71 bits per heavy atom. The van der Waals surface area contributed by atoms with Crippen LogP contribution in [-0.4, -0.2) is 21.1 Å². The number of fused-ring (bicyclic) bond motifs is 3. The maximum absolute atomic E-state index is 11.5. The Kier molecular flexibility index (Phi) is 4.92. The monoisotopic (exact) mass is 414 g/mol. The third-order valence-corrected chi connectivity index (χ3v) is 8.18. The maximum atomic E-state index is 11.5. The maximum Gasteiger partial charge on any atom is 0.0896 e. The van der Waals surface area contributed by atoms with E-state index in [1.807, 2.05) is 0 Å². The van der Waals surface area contributed by atoms with Gasteiger partial charge in [-0.2, -0.15) is 0 Å². The Hall–Kier alpha value is -2.10. The Balaban J connectivity index is 1.40. The van der Waals surface area contributed by atoms with Crippen molar-refractivity contribution in [2.45, 2.75) is 82.5 Å². The first kappa shape index (κ1) is 19.6. The zero-order chi connectivity index (χ0) is 20.8. The Labute approximate surface area is 185 Å². The summed E-state index contributed by atoms with van der Waals surface area (Å²) in [6.45, 7) is 3.22. The zero-order valence-electron chi connectivity index (χ0n) is 18.5. The Bertz CT molecular complexity index is 1080. The highest BCUT2D eigenvalue weighted by molar-refractivity contribution is 5.87. The number of aromatic nitrogens is 1. The summed E-state index contributed by atoms with van der Waals surface area (Å²) in [6.07, 6.45) is 10.3. The van der Waals surface area contributed by atoms with E-state index in [-0.39, 0.29) is 0 Å². The van der Waals surface area contributed by atoms with E-state index >= 15 is 0 Å². The molecule has 31 heavy (non-hydrogen) atoms. The summed E-state index contributed by atoms with van der Waals surface area (Å²) in [5, 5.41) is 12.9. The number of benzene rings is 2. The Morgan fingerprint density at radius 3 is 2.52 bits per heavy atom. The van der Waals surface area contributed by atoms with Gasteiger partial charge in [0.1, 0.15) is 0 Å². The lowest BCUT2D eigenvalue weighted by atomic mass is 9.84. The highest BCUT2D eigenvalue weighted by Gasteiger charge is 2.36. The van der Waals surface area contributed by atoms with Gasteiger partial charge in [-0.1, -0.05) is 62.1 Å². The van der Waals surface area contributed by atoms with E-state index in [0.717, 1.165) is 50.9 Å². The van der Waals surface area contributed by atoms with E-state index in [0.29, 0.717) is 6.04 Å². The molecule has 3 nitrogen and oxygen atoms in total. The van der Waals surface area contributed by atoms with Crippen LogP contribution in [-0.2, 0) is 25.1 Å². The Morgan fingerprint density at radius 1 is 0.903 bits per heavy atom. The van der Waals surface area contributed by atoms with Crippen LogP contribution in [0.5, 0.6) is 0 Å². The number of aryl methyl sites for hydroxylation is 1. The number of aliphatic hydroxyl groups is 1. The van der Waals surface area contributed by atoms with Gasteiger partial charge in [0.05, 0.1) is 11.6 Å². The van der Waals surface area contributed by atoms with Gasteiger partial charge in [0.25, 0.3) is 0 Å². The first-order chi connectivity index (χ1) is 15.2. The molecule has 1 N–H and O–H groups in total. The second-order valence-corrected chi connectivity index (χ2v) is 10.1. The lowest BCUT2D eigenvalue weighted by Crippen LogP contribution is -2.39. The summed E-state index contributed by atoms with van der Waals surface area (Å²) in [4.78, 5) is 2.70. The predicted octanol–water partition coefficient (Wildman–Crippen LogP) is 6.08. The molecule has 1 aromatic heterocycles. The quantitative estimate of drug-likeness (QED) is 0.526. The summed E-state index contributed by atoms with van der Waals surface area (Å²) in [7, 11) is 0. The van der Waals surface area contributed by atoms with Crippen LogP contribution in [0.25, 0.3) is 10.9 Å². The molecule has 1 atom stereocenters. The zero-order valence-corrected chi connectivity index (χ0v) is 18.5. The average molecular weight is 415 g/mol. The van der Waals surface area contributed by atoms with Crippen molar-refractivity contribution in [2.24, 2.45) is 0 Å². The van der Waals surface area contributed by atoms with Gasteiger partial charge in [0, 0.05) is 36.2 Å². The van der Waals surface area contributed by atoms with Gasteiger partial charge in [-0.15, -0.1) is 0 Å². The SMILES string of the molecule is OC1(c2ccc3c(c2)c2c4n3CCN(Cc3ccccc3)C4CCC2)CCCCCC1. The molecule has 1 unspecified atom stereocenters. The highest BCUT2D eigenvalue weighted by Crippen LogP contribution is 2.45. The highest BCUT2D eigenvalue weighted by atomic mass is 16.3. The van der Waals surface area contributed by atoms with Crippen molar-refractivity contribution in [3.8, 4) is 0 Å². The van der Waals surface area contributed by atoms with Crippen molar-refractivity contribution in [3.63, 3.8) is 0 Å². The summed E-state index contributed by atoms with van der Waals surface area (Å²) in [5.41, 5.74) is 6.45. The first-order valence-corrected chi connectivity index (χ1v) is 12.4. The number of hydrogen-bond acceptors (Lipinski definition) is 2. The van der Waals surface area contributed by atoms with Gasteiger partial charge in [0.2, 0.25) is 0 Å². The van der Waals surface area contributed by atoms with Crippen molar-refractivity contribution in [1.29, 1.82) is 0 Å². The van der Waals surface area contributed by atoms with Crippen molar-refractivity contribution in [2.75, 3.05) is 6.54 Å². The van der Waals surface area contributed by atoms with Gasteiger partial charge in [-0.3, -0.25) is 4.90 Å². The van der Waals surface area contributed by atoms with Crippen LogP contribution in [0.4, 0.5) is 0 Å². The molecule has 3 heteroatoms. The fraction of sp³-hybridized carbons (Fsp3) is 0.500. The molecule has 0 saturated heterocycles. The topological polar surface area (TPSA) is 28.4 Å². The second-order valence-electron chi connectivity index (χ2n) is 10.1. The van der Waals surface area contributed by atoms with Crippen molar-refractivity contribution in [1.82, 2.24) is 9.47 Å². The predicted molar refractivity (Wildman–Crippen MR) is 126 cm³/mol. The minimum Gasteiger partial charge on any atom is -0.385 e. The third kappa shape index (κ3) is 3.34. The number of nitrogens with zero attached hydrogens (tertiary/aromatic N) is 2. The molecule has 1 saturated carbocycles. The molecule has 2 aromatic carbocycles. The minimum atomic E-state index is -0.632. The lowest BCUT2D eigenvalue weighted by molar-refractivity contribution is 0.0208. The fourth-order valence-corrected chi connectivity index (χ4v) is 6.58. The second kappa shape index (κ2) is 7.79. The lowest BCUT2D eigenvalue weighted by Gasteiger charge is -2.40. The molecule has 0 radical (unpaired) electrons. The van der Waals surface area contributed by atoms with Crippen LogP contribution in [0.1, 0.15) is 79.8 Å². The molecule has 2 heterocycles. The van der Waals surface area contributed by atoms with E-state index in [1.54, 1.807) is 11.3 Å². The molecule has 1 aliphatic heterocycles. The molecule has 1 fully saturated rings. The first-order valence-electron chi connectivity index (χ1n) is 12.4. The smallest absolute Gasteiger partial charge is 0.0896 e. The molecular formula is C28H34N2O. The van der Waals surface area contributed by atoms with Crippen LogP contribution in [0, 0.1) is 0 Å². The van der Waals surface area contributed by atoms with E-state index in [4.69, 9.17) is 0 Å². The molecule has 6 rings (SSSR count). The van der Waals surface area contributed by atoms with Gasteiger partial charge in [-0.05, 0) is 60.9 Å². The summed E-state index contributed by atoms with van der Waals surface area (Å²) < 4.78 is 2.61. The minimum absolute atomic E-state index is 0.523. The standard InChI is InChI=1S/C28H34N2O/c31-28(15-6-1-2-7-16-28)22-13-14-25-24(19-22)23-11-8-12-26-27(23)30(25)18-17-29(26)20-21-9-4-3-5-10-21/h3-5,9-10,13-14,19,26,31H,1-2,6-8,11-12,15-18,20H2. The summed E-state index contributed by atoms with van der Waals surface area (Å²) in [5.74, 6) is 0. The largest absolute Gasteiger partial charge is 0.385 e. The summed E-state index contributed by atoms with van der Waals surface area (Å²) >= 11 is 0. The molecule has 0 spiro atoms. The molecule has 0 amide bonds. The molecule has 162 valence electrons. The van der Waals surface area contributed by atoms with E-state index in [9.17, 15) is 5.11 Å². The van der Waals surface area contributed by atoms with Crippen LogP contribution < -0.4 is 0 Å². The van der Waals surface area contributed by atoms with E-state index in [2.05, 4.69) is 58.0 Å². The normalized spacial score (nSPS) is 23.5. The van der Waals surface area contributed by atoms with Gasteiger partial charge < -0.3 is 9.67 Å². The van der Waals surface area contributed by atoms with E-state index in [1.165, 1.54) is 48.6 Å². The van der Waals surface area contributed by atoms with Crippen molar-refractivity contribution >= 4 is 10.9 Å². The van der Waals surface area contributed by atoms with Gasteiger partial charge >= 0.3 is 0 Å². The number of hydrogen-bond donors (Lipinski definition) is 1. The van der Waals surface area contributed by atoms with Crippen LogP contribution >= 0.6 is 0 Å². The van der Waals surface area contributed by atoms with Crippen LogP contribution in [0.15, 0.2) is 48.5 Å². The molecule has 3 aliphatic rings. The van der Waals surface area contributed by atoms with Gasteiger partial charge in [-0.25, -0.2) is 0 Å². The average Bonchev–Trinajstić information content (AvgIpc) is 2.96. The molecule has 3 aromatic rings. The summed E-state index contributed by atoms with van der Waals surface area (Å²) in [6, 6.07) is 18.4.